The predicted octanol–water partition coefficient (Wildman–Crippen LogP) is 0.0544. The molecule has 0 aromatic carbocycles. The Morgan fingerprint density at radius 3 is 2.65 bits per heavy atom. The first-order chi connectivity index (χ1) is 9.46. The Morgan fingerprint density at radius 2 is 2.10 bits per heavy atom. The molecular formula is C12H17N3O4S. The SMILES string of the molecule is O=C(O)CS(=O)(=O)NC1CCN(c2ccccn2)CC1. The van der Waals surface area contributed by atoms with Crippen molar-refractivity contribution in [3.8, 4) is 0 Å². The molecule has 20 heavy (non-hydrogen) atoms. The van der Waals surface area contributed by atoms with E-state index in [0.717, 1.165) is 5.82 Å². The van der Waals surface area contributed by atoms with Gasteiger partial charge in [0.1, 0.15) is 5.82 Å². The van der Waals surface area contributed by atoms with Crippen molar-refractivity contribution in [2.45, 2.75) is 18.9 Å². The standard InChI is InChI=1S/C12H17N3O4S/c16-12(17)9-20(18,19)14-10-4-7-15(8-5-10)11-3-1-2-6-13-11/h1-3,6,10,14H,4-5,7-9H2,(H,16,17). The summed E-state index contributed by atoms with van der Waals surface area (Å²) in [5.74, 6) is -1.35. The maximum Gasteiger partial charge on any atom is 0.320 e. The number of carboxylic acids is 1. The molecule has 110 valence electrons. The molecule has 1 aliphatic heterocycles. The van der Waals surface area contributed by atoms with Crippen molar-refractivity contribution < 1.29 is 18.3 Å². The first-order valence-electron chi connectivity index (χ1n) is 6.34. The Balaban J connectivity index is 1.87. The van der Waals surface area contributed by atoms with E-state index in [1.54, 1.807) is 6.20 Å². The average Bonchev–Trinajstić information content (AvgIpc) is 2.38. The van der Waals surface area contributed by atoms with Crippen molar-refractivity contribution in [3.05, 3.63) is 24.4 Å². The molecule has 0 amide bonds. The predicted molar refractivity (Wildman–Crippen MR) is 74.0 cm³/mol. The highest BCUT2D eigenvalue weighted by molar-refractivity contribution is 7.90. The third-order valence-electron chi connectivity index (χ3n) is 3.13. The van der Waals surface area contributed by atoms with Gasteiger partial charge in [-0.3, -0.25) is 4.79 Å². The first-order valence-corrected chi connectivity index (χ1v) is 7.99. The van der Waals surface area contributed by atoms with E-state index < -0.39 is 21.7 Å². The van der Waals surface area contributed by atoms with Gasteiger partial charge in [0.15, 0.2) is 5.75 Å². The number of carbonyl (C=O) groups is 1. The first kappa shape index (κ1) is 14.7. The summed E-state index contributed by atoms with van der Waals surface area (Å²) in [7, 11) is -3.75. The monoisotopic (exact) mass is 299 g/mol. The molecule has 0 bridgehead atoms. The molecule has 8 heteroatoms. The summed E-state index contributed by atoms with van der Waals surface area (Å²) in [4.78, 5) is 16.8. The number of carboxylic acid groups (broad SMARTS) is 1. The molecule has 1 saturated heterocycles. The van der Waals surface area contributed by atoms with E-state index in [-0.39, 0.29) is 6.04 Å². The van der Waals surface area contributed by atoms with Crippen molar-refractivity contribution in [1.82, 2.24) is 9.71 Å². The molecule has 2 rings (SSSR count). The number of sulfonamides is 1. The van der Waals surface area contributed by atoms with Crippen molar-refractivity contribution >= 4 is 21.8 Å². The van der Waals surface area contributed by atoms with Crippen LogP contribution < -0.4 is 9.62 Å². The summed E-state index contributed by atoms with van der Waals surface area (Å²) in [5.41, 5.74) is 0. The lowest BCUT2D eigenvalue weighted by atomic mass is 10.1. The number of anilines is 1. The van der Waals surface area contributed by atoms with Crippen LogP contribution in [-0.2, 0) is 14.8 Å². The third kappa shape index (κ3) is 4.17. The van der Waals surface area contributed by atoms with Crippen molar-refractivity contribution in [3.63, 3.8) is 0 Å². The second-order valence-electron chi connectivity index (χ2n) is 4.72. The summed E-state index contributed by atoms with van der Waals surface area (Å²) in [6, 6.07) is 5.45. The van der Waals surface area contributed by atoms with Crippen LogP contribution >= 0.6 is 0 Å². The van der Waals surface area contributed by atoms with Gasteiger partial charge in [0.2, 0.25) is 10.0 Å². The van der Waals surface area contributed by atoms with Gasteiger partial charge in [0.05, 0.1) is 0 Å². The molecule has 7 nitrogen and oxygen atoms in total. The quantitative estimate of drug-likeness (QED) is 0.797. The van der Waals surface area contributed by atoms with Crippen LogP contribution in [0.5, 0.6) is 0 Å². The smallest absolute Gasteiger partial charge is 0.320 e. The Hall–Kier alpha value is -1.67. The van der Waals surface area contributed by atoms with Crippen molar-refractivity contribution in [2.75, 3.05) is 23.7 Å². The highest BCUT2D eigenvalue weighted by Crippen LogP contribution is 2.17. The van der Waals surface area contributed by atoms with E-state index in [9.17, 15) is 13.2 Å². The zero-order chi connectivity index (χ0) is 14.6. The van der Waals surface area contributed by atoms with Gasteiger partial charge < -0.3 is 10.0 Å². The lowest BCUT2D eigenvalue weighted by Crippen LogP contribution is -2.46. The molecule has 0 atom stereocenters. The second kappa shape index (κ2) is 6.19. The Kier molecular flexibility index (Phi) is 4.56. The van der Waals surface area contributed by atoms with E-state index in [1.165, 1.54) is 0 Å². The molecule has 0 aliphatic carbocycles. The highest BCUT2D eigenvalue weighted by atomic mass is 32.2. The maximum absolute atomic E-state index is 11.5. The number of rotatable bonds is 5. The number of nitrogens with one attached hydrogen (secondary N) is 1. The van der Waals surface area contributed by atoms with Crippen LogP contribution in [0.1, 0.15) is 12.8 Å². The molecule has 0 saturated carbocycles. The summed E-state index contributed by atoms with van der Waals surface area (Å²) >= 11 is 0. The number of hydrogen-bond acceptors (Lipinski definition) is 5. The minimum Gasteiger partial charge on any atom is -0.480 e. The van der Waals surface area contributed by atoms with E-state index in [4.69, 9.17) is 5.11 Å². The maximum atomic E-state index is 11.5. The van der Waals surface area contributed by atoms with Crippen LogP contribution in [0.15, 0.2) is 24.4 Å². The summed E-state index contributed by atoms with van der Waals surface area (Å²) < 4.78 is 25.5. The molecule has 1 fully saturated rings. The van der Waals surface area contributed by atoms with E-state index in [1.807, 2.05) is 18.2 Å². The van der Waals surface area contributed by atoms with Crippen LogP contribution in [0.25, 0.3) is 0 Å². The largest absolute Gasteiger partial charge is 0.480 e. The molecule has 0 spiro atoms. The zero-order valence-corrected chi connectivity index (χ0v) is 11.7. The molecule has 0 radical (unpaired) electrons. The molecule has 0 unspecified atom stereocenters. The fraction of sp³-hybridized carbons (Fsp3) is 0.500. The minimum absolute atomic E-state index is 0.209. The summed E-state index contributed by atoms with van der Waals surface area (Å²) in [5, 5.41) is 8.53. The van der Waals surface area contributed by atoms with Crippen LogP contribution in [0.3, 0.4) is 0 Å². The molecular weight excluding hydrogens is 282 g/mol. The van der Waals surface area contributed by atoms with Gasteiger partial charge in [0.25, 0.3) is 0 Å². The second-order valence-corrected chi connectivity index (χ2v) is 6.47. The highest BCUT2D eigenvalue weighted by Gasteiger charge is 2.25. The number of pyridine rings is 1. The van der Waals surface area contributed by atoms with Crippen LogP contribution in [-0.4, -0.2) is 49.4 Å². The van der Waals surface area contributed by atoms with E-state index in [0.29, 0.717) is 25.9 Å². The van der Waals surface area contributed by atoms with E-state index in [2.05, 4.69) is 14.6 Å². The summed E-state index contributed by atoms with van der Waals surface area (Å²) in [6.07, 6.45) is 2.99. The van der Waals surface area contributed by atoms with Gasteiger partial charge in [-0.05, 0) is 25.0 Å². The Labute approximate surface area is 117 Å². The fourth-order valence-corrected chi connectivity index (χ4v) is 3.38. The Morgan fingerprint density at radius 1 is 1.40 bits per heavy atom. The van der Waals surface area contributed by atoms with Gasteiger partial charge in [-0.15, -0.1) is 0 Å². The van der Waals surface area contributed by atoms with E-state index >= 15 is 0 Å². The number of nitrogens with zero attached hydrogens (tertiary/aromatic N) is 2. The average molecular weight is 299 g/mol. The normalized spacial score (nSPS) is 17.1. The van der Waals surface area contributed by atoms with Crippen LogP contribution in [0, 0.1) is 0 Å². The van der Waals surface area contributed by atoms with Gasteiger partial charge in [0, 0.05) is 25.3 Å². The Bertz CT molecular complexity index is 553. The lowest BCUT2D eigenvalue weighted by Gasteiger charge is -2.32. The molecule has 2 heterocycles. The van der Waals surface area contributed by atoms with Gasteiger partial charge in [-0.25, -0.2) is 18.1 Å². The fourth-order valence-electron chi connectivity index (χ4n) is 2.23. The van der Waals surface area contributed by atoms with Crippen LogP contribution in [0.4, 0.5) is 5.82 Å². The third-order valence-corrected chi connectivity index (χ3v) is 4.45. The van der Waals surface area contributed by atoms with Gasteiger partial charge in [-0.1, -0.05) is 6.07 Å². The number of aromatic nitrogens is 1. The molecule has 1 aromatic rings. The summed E-state index contributed by atoms with van der Waals surface area (Å²) in [6.45, 7) is 1.38. The topological polar surface area (TPSA) is 99.6 Å². The molecule has 1 aliphatic rings. The van der Waals surface area contributed by atoms with Gasteiger partial charge >= 0.3 is 5.97 Å². The number of piperidine rings is 1. The van der Waals surface area contributed by atoms with Crippen LogP contribution in [0.2, 0.25) is 0 Å². The number of hydrogen-bond donors (Lipinski definition) is 2. The van der Waals surface area contributed by atoms with Crippen molar-refractivity contribution in [1.29, 1.82) is 0 Å². The molecule has 1 aromatic heterocycles. The van der Waals surface area contributed by atoms with Crippen molar-refractivity contribution in [2.24, 2.45) is 0 Å². The molecule has 2 N–H and O–H groups in total. The zero-order valence-electron chi connectivity index (χ0n) is 10.9. The van der Waals surface area contributed by atoms with Gasteiger partial charge in [-0.2, -0.15) is 0 Å². The minimum atomic E-state index is -3.75. The lowest BCUT2D eigenvalue weighted by molar-refractivity contribution is -0.134. The number of aliphatic carboxylic acids is 1.